The number of para-hydroxylation sites is 1. The van der Waals surface area contributed by atoms with Gasteiger partial charge in [-0.2, -0.15) is 0 Å². The van der Waals surface area contributed by atoms with Crippen LogP contribution in [0.2, 0.25) is 0 Å². The maximum Gasteiger partial charge on any atom is 0.0399 e. The van der Waals surface area contributed by atoms with E-state index in [1.165, 1.54) is 36.2 Å². The Morgan fingerprint density at radius 2 is 1.82 bits per heavy atom. The molecule has 22 heavy (non-hydrogen) atoms. The van der Waals surface area contributed by atoms with Gasteiger partial charge >= 0.3 is 0 Å². The van der Waals surface area contributed by atoms with Crippen molar-refractivity contribution in [3.8, 4) is 0 Å². The van der Waals surface area contributed by atoms with E-state index in [1.807, 2.05) is 0 Å². The molecule has 2 heteroatoms. The first-order valence-corrected chi connectivity index (χ1v) is 8.49. The first kappa shape index (κ1) is 15.1. The van der Waals surface area contributed by atoms with Crippen LogP contribution >= 0.6 is 0 Å². The molecule has 3 rings (SSSR count). The van der Waals surface area contributed by atoms with E-state index in [4.69, 9.17) is 0 Å². The molecule has 0 spiro atoms. The highest BCUT2D eigenvalue weighted by Crippen LogP contribution is 2.26. The first-order valence-electron chi connectivity index (χ1n) is 8.49. The van der Waals surface area contributed by atoms with Gasteiger partial charge in [-0.05, 0) is 36.5 Å². The number of nitrogens with one attached hydrogen (secondary N) is 1. The maximum absolute atomic E-state index is 3.72. The summed E-state index contributed by atoms with van der Waals surface area (Å²) >= 11 is 0. The van der Waals surface area contributed by atoms with Gasteiger partial charge in [-0.3, -0.25) is 0 Å². The Kier molecular flexibility index (Phi) is 5.12. The van der Waals surface area contributed by atoms with Crippen LogP contribution in [0, 0.1) is 0 Å². The second-order valence-corrected chi connectivity index (χ2v) is 6.04. The quantitative estimate of drug-likeness (QED) is 0.860. The van der Waals surface area contributed by atoms with Gasteiger partial charge in [0.25, 0.3) is 0 Å². The van der Waals surface area contributed by atoms with E-state index < -0.39 is 0 Å². The number of hydrogen-bond acceptors (Lipinski definition) is 2. The van der Waals surface area contributed by atoms with Crippen molar-refractivity contribution in [1.29, 1.82) is 0 Å². The third-order valence-electron chi connectivity index (χ3n) is 4.59. The van der Waals surface area contributed by atoms with Gasteiger partial charge < -0.3 is 10.2 Å². The van der Waals surface area contributed by atoms with E-state index in [1.54, 1.807) is 0 Å². The molecular weight excluding hydrogens is 268 g/mol. The summed E-state index contributed by atoms with van der Waals surface area (Å²) in [7, 11) is 0. The summed E-state index contributed by atoms with van der Waals surface area (Å²) in [6.07, 6.45) is 3.62. The summed E-state index contributed by atoms with van der Waals surface area (Å²) in [5.41, 5.74) is 4.33. The lowest BCUT2D eigenvalue weighted by atomic mass is 10.0. The molecule has 0 radical (unpaired) electrons. The lowest BCUT2D eigenvalue weighted by Crippen LogP contribution is -2.36. The van der Waals surface area contributed by atoms with Gasteiger partial charge in [0, 0.05) is 31.4 Å². The molecule has 1 N–H and O–H groups in total. The van der Waals surface area contributed by atoms with Gasteiger partial charge in [0.15, 0.2) is 0 Å². The van der Waals surface area contributed by atoms with Gasteiger partial charge in [-0.1, -0.05) is 55.5 Å². The number of rotatable bonds is 6. The van der Waals surface area contributed by atoms with Crippen molar-refractivity contribution in [3.63, 3.8) is 0 Å². The fourth-order valence-corrected chi connectivity index (χ4v) is 3.40. The summed E-state index contributed by atoms with van der Waals surface area (Å²) < 4.78 is 0. The second kappa shape index (κ2) is 7.46. The van der Waals surface area contributed by atoms with Crippen LogP contribution in [0.3, 0.4) is 0 Å². The second-order valence-electron chi connectivity index (χ2n) is 6.04. The zero-order chi connectivity index (χ0) is 15.2. The third kappa shape index (κ3) is 3.50. The van der Waals surface area contributed by atoms with Gasteiger partial charge in [0.2, 0.25) is 0 Å². The van der Waals surface area contributed by atoms with Crippen molar-refractivity contribution >= 4 is 5.69 Å². The van der Waals surface area contributed by atoms with Crippen molar-refractivity contribution in [2.24, 2.45) is 0 Å². The summed E-state index contributed by atoms with van der Waals surface area (Å²) in [6.45, 7) is 5.55. The smallest absolute Gasteiger partial charge is 0.0399 e. The average molecular weight is 294 g/mol. The predicted molar refractivity (Wildman–Crippen MR) is 94.5 cm³/mol. The number of fused-ring (bicyclic) bond motifs is 1. The molecule has 0 bridgehead atoms. The minimum absolute atomic E-state index is 0.459. The molecule has 0 amide bonds. The number of anilines is 1. The van der Waals surface area contributed by atoms with Crippen molar-refractivity contribution in [3.05, 3.63) is 65.7 Å². The molecule has 2 nitrogen and oxygen atoms in total. The average Bonchev–Trinajstić information content (AvgIpc) is 2.59. The van der Waals surface area contributed by atoms with E-state index in [-0.39, 0.29) is 0 Å². The third-order valence-corrected chi connectivity index (χ3v) is 4.59. The largest absolute Gasteiger partial charge is 0.370 e. The highest BCUT2D eigenvalue weighted by atomic mass is 15.2. The molecule has 0 saturated carbocycles. The topological polar surface area (TPSA) is 15.3 Å². The van der Waals surface area contributed by atoms with Gasteiger partial charge in [0.1, 0.15) is 0 Å². The lowest BCUT2D eigenvalue weighted by molar-refractivity contribution is 0.515. The fraction of sp³-hybridized carbons (Fsp3) is 0.400. The van der Waals surface area contributed by atoms with E-state index in [9.17, 15) is 0 Å². The summed E-state index contributed by atoms with van der Waals surface area (Å²) in [4.78, 5) is 2.53. The Bertz CT molecular complexity index is 579. The van der Waals surface area contributed by atoms with Crippen LogP contribution in [-0.4, -0.2) is 19.6 Å². The van der Waals surface area contributed by atoms with Crippen LogP contribution in [0.15, 0.2) is 54.6 Å². The molecule has 0 fully saturated rings. The molecule has 2 aromatic rings. The molecule has 1 unspecified atom stereocenters. The van der Waals surface area contributed by atoms with Crippen LogP contribution in [0.1, 0.15) is 36.9 Å². The number of hydrogen-bond donors (Lipinski definition) is 1. The standard InChI is InChI=1S/C20H26N2/c1-2-19(17-9-4-3-5-10-17)21-14-16-22-15-8-12-18-11-6-7-13-20(18)22/h3-7,9-11,13,19,21H,2,8,12,14-16H2,1H3. The monoisotopic (exact) mass is 294 g/mol. The highest BCUT2D eigenvalue weighted by molar-refractivity contribution is 5.55. The van der Waals surface area contributed by atoms with E-state index >= 15 is 0 Å². The summed E-state index contributed by atoms with van der Waals surface area (Å²) in [6, 6.07) is 20.1. The van der Waals surface area contributed by atoms with Crippen LogP contribution in [-0.2, 0) is 6.42 Å². The minimum Gasteiger partial charge on any atom is -0.370 e. The normalized spacial score (nSPS) is 15.4. The summed E-state index contributed by atoms with van der Waals surface area (Å²) in [5, 5.41) is 3.72. The lowest BCUT2D eigenvalue weighted by Gasteiger charge is -2.32. The van der Waals surface area contributed by atoms with Crippen molar-refractivity contribution < 1.29 is 0 Å². The van der Waals surface area contributed by atoms with Crippen LogP contribution in [0.4, 0.5) is 5.69 Å². The molecular formula is C20H26N2. The molecule has 1 heterocycles. The van der Waals surface area contributed by atoms with Gasteiger partial charge in [-0.25, -0.2) is 0 Å². The maximum atomic E-state index is 3.72. The number of benzene rings is 2. The molecule has 1 atom stereocenters. The zero-order valence-corrected chi connectivity index (χ0v) is 13.5. The van der Waals surface area contributed by atoms with Crippen LogP contribution in [0.25, 0.3) is 0 Å². The van der Waals surface area contributed by atoms with E-state index in [0.717, 1.165) is 19.5 Å². The van der Waals surface area contributed by atoms with Crippen molar-refractivity contribution in [1.82, 2.24) is 5.32 Å². The fourth-order valence-electron chi connectivity index (χ4n) is 3.40. The number of nitrogens with zero attached hydrogens (tertiary/aromatic N) is 1. The Hall–Kier alpha value is -1.80. The Morgan fingerprint density at radius 3 is 2.64 bits per heavy atom. The Balaban J connectivity index is 1.57. The predicted octanol–water partition coefficient (Wildman–Crippen LogP) is 4.18. The molecule has 0 aliphatic carbocycles. The van der Waals surface area contributed by atoms with Gasteiger partial charge in [-0.15, -0.1) is 0 Å². The molecule has 116 valence electrons. The minimum atomic E-state index is 0.459. The first-order chi connectivity index (χ1) is 10.9. The Labute approximate surface area is 134 Å². The molecule has 1 aliphatic rings. The Morgan fingerprint density at radius 1 is 1.05 bits per heavy atom. The van der Waals surface area contributed by atoms with E-state index in [0.29, 0.717) is 6.04 Å². The van der Waals surface area contributed by atoms with Gasteiger partial charge in [0.05, 0.1) is 0 Å². The van der Waals surface area contributed by atoms with Crippen LogP contribution < -0.4 is 10.2 Å². The number of aryl methyl sites for hydroxylation is 1. The SMILES string of the molecule is CCC(NCCN1CCCc2ccccc21)c1ccccc1. The zero-order valence-electron chi connectivity index (χ0n) is 13.5. The van der Waals surface area contributed by atoms with Crippen molar-refractivity contribution in [2.45, 2.75) is 32.2 Å². The molecule has 2 aromatic carbocycles. The molecule has 0 aromatic heterocycles. The molecule has 1 aliphatic heterocycles. The van der Waals surface area contributed by atoms with Crippen molar-refractivity contribution in [2.75, 3.05) is 24.5 Å². The van der Waals surface area contributed by atoms with E-state index in [2.05, 4.69) is 71.7 Å². The summed E-state index contributed by atoms with van der Waals surface area (Å²) in [5.74, 6) is 0. The molecule has 0 saturated heterocycles. The highest BCUT2D eigenvalue weighted by Gasteiger charge is 2.16. The van der Waals surface area contributed by atoms with Crippen LogP contribution in [0.5, 0.6) is 0 Å².